The zero-order valence-electron chi connectivity index (χ0n) is 16.5. The Labute approximate surface area is 175 Å². The number of hydrogen-bond acceptors (Lipinski definition) is 4. The molecule has 0 atom stereocenters. The summed E-state index contributed by atoms with van der Waals surface area (Å²) in [5, 5.41) is 7.60. The third-order valence-corrected chi connectivity index (χ3v) is 5.60. The first-order chi connectivity index (χ1) is 14.1. The van der Waals surface area contributed by atoms with Crippen molar-refractivity contribution in [2.24, 2.45) is 0 Å². The Bertz CT molecular complexity index is 1010. The van der Waals surface area contributed by atoms with Crippen LogP contribution in [0.15, 0.2) is 53.1 Å². The van der Waals surface area contributed by atoms with E-state index in [4.69, 9.17) is 16.1 Å². The summed E-state index contributed by atoms with van der Waals surface area (Å²) in [6, 6.07) is 15.7. The monoisotopic (exact) mass is 409 g/mol. The molecule has 29 heavy (non-hydrogen) atoms. The second-order valence-electron chi connectivity index (χ2n) is 7.43. The van der Waals surface area contributed by atoms with Gasteiger partial charge in [0, 0.05) is 18.7 Å². The van der Waals surface area contributed by atoms with Gasteiger partial charge < -0.3 is 9.84 Å². The first-order valence-corrected chi connectivity index (χ1v) is 10.3. The number of carbonyl (C=O) groups is 1. The van der Waals surface area contributed by atoms with E-state index < -0.39 is 0 Å². The molecule has 0 unspecified atom stereocenters. The molecule has 5 nitrogen and oxygen atoms in total. The molecule has 4 rings (SSSR count). The molecule has 0 bridgehead atoms. The van der Waals surface area contributed by atoms with E-state index in [0.29, 0.717) is 34.1 Å². The molecule has 1 fully saturated rings. The zero-order valence-corrected chi connectivity index (χ0v) is 17.2. The number of nitrogens with one attached hydrogen (secondary N) is 1. The van der Waals surface area contributed by atoms with Gasteiger partial charge in [-0.15, -0.1) is 0 Å². The lowest BCUT2D eigenvalue weighted by Crippen LogP contribution is -2.24. The van der Waals surface area contributed by atoms with E-state index in [1.165, 1.54) is 31.5 Å². The van der Waals surface area contributed by atoms with Gasteiger partial charge in [0.15, 0.2) is 0 Å². The van der Waals surface area contributed by atoms with Crippen molar-refractivity contribution in [3.05, 3.63) is 76.0 Å². The number of benzene rings is 2. The van der Waals surface area contributed by atoms with Gasteiger partial charge in [0.05, 0.1) is 5.02 Å². The number of aryl methyl sites for hydroxylation is 1. The highest BCUT2D eigenvalue weighted by atomic mass is 35.5. The minimum absolute atomic E-state index is 0.219. The summed E-state index contributed by atoms with van der Waals surface area (Å²) in [5.41, 5.74) is 3.92. The smallest absolute Gasteiger partial charge is 0.257 e. The van der Waals surface area contributed by atoms with Crippen LogP contribution in [-0.4, -0.2) is 29.1 Å². The van der Waals surface area contributed by atoms with Crippen LogP contribution >= 0.6 is 11.6 Å². The second kappa shape index (κ2) is 8.80. The molecule has 0 radical (unpaired) electrons. The molecule has 1 aliphatic heterocycles. The molecule has 0 spiro atoms. The van der Waals surface area contributed by atoms with Crippen molar-refractivity contribution < 1.29 is 9.32 Å². The molecule has 3 aromatic rings. The van der Waals surface area contributed by atoms with Gasteiger partial charge in [-0.25, -0.2) is 0 Å². The van der Waals surface area contributed by atoms with E-state index in [1.54, 1.807) is 13.0 Å². The van der Waals surface area contributed by atoms with Crippen LogP contribution in [0.1, 0.15) is 40.1 Å². The Hall–Kier alpha value is -2.63. The molecule has 1 amide bonds. The average Bonchev–Trinajstić information content (AvgIpc) is 3.36. The number of likely N-dealkylation sites (tertiary alicyclic amines) is 1. The van der Waals surface area contributed by atoms with Crippen LogP contribution in [0.25, 0.3) is 11.3 Å². The second-order valence-corrected chi connectivity index (χ2v) is 7.84. The van der Waals surface area contributed by atoms with Crippen molar-refractivity contribution in [3.8, 4) is 11.3 Å². The van der Waals surface area contributed by atoms with E-state index in [0.717, 1.165) is 12.1 Å². The Morgan fingerprint density at radius 3 is 2.69 bits per heavy atom. The molecule has 0 aliphatic carbocycles. The van der Waals surface area contributed by atoms with Crippen LogP contribution in [0, 0.1) is 6.92 Å². The number of amides is 1. The van der Waals surface area contributed by atoms with Gasteiger partial charge in [0.1, 0.15) is 17.0 Å². The van der Waals surface area contributed by atoms with Crippen molar-refractivity contribution in [1.82, 2.24) is 15.4 Å². The molecule has 2 aromatic carbocycles. The number of aromatic nitrogens is 1. The Morgan fingerprint density at radius 2 is 1.90 bits per heavy atom. The Balaban J connectivity index is 1.47. The van der Waals surface area contributed by atoms with E-state index in [9.17, 15) is 4.79 Å². The lowest BCUT2D eigenvalue weighted by molar-refractivity contribution is 0.0950. The summed E-state index contributed by atoms with van der Waals surface area (Å²) < 4.78 is 5.30. The highest BCUT2D eigenvalue weighted by Crippen LogP contribution is 2.31. The predicted molar refractivity (Wildman–Crippen MR) is 114 cm³/mol. The first-order valence-electron chi connectivity index (χ1n) is 9.91. The third kappa shape index (κ3) is 4.52. The molecule has 0 saturated carbocycles. The van der Waals surface area contributed by atoms with E-state index in [-0.39, 0.29) is 5.91 Å². The van der Waals surface area contributed by atoms with Crippen molar-refractivity contribution in [2.75, 3.05) is 13.1 Å². The lowest BCUT2D eigenvalue weighted by Gasteiger charge is -2.15. The molecule has 1 aromatic heterocycles. The van der Waals surface area contributed by atoms with Crippen LogP contribution in [0.4, 0.5) is 0 Å². The zero-order chi connectivity index (χ0) is 20.2. The van der Waals surface area contributed by atoms with Gasteiger partial charge in [-0.3, -0.25) is 9.69 Å². The fraction of sp³-hybridized carbons (Fsp3) is 0.304. The highest BCUT2D eigenvalue weighted by Gasteiger charge is 2.22. The fourth-order valence-corrected chi connectivity index (χ4v) is 4.01. The third-order valence-electron chi connectivity index (χ3n) is 5.27. The van der Waals surface area contributed by atoms with E-state index in [2.05, 4.69) is 27.5 Å². The summed E-state index contributed by atoms with van der Waals surface area (Å²) in [4.78, 5) is 15.4. The summed E-state index contributed by atoms with van der Waals surface area (Å²) in [6.45, 7) is 5.47. The minimum atomic E-state index is -0.219. The van der Waals surface area contributed by atoms with Crippen molar-refractivity contribution in [1.29, 1.82) is 0 Å². The Morgan fingerprint density at radius 1 is 1.14 bits per heavy atom. The molecular weight excluding hydrogens is 386 g/mol. The number of rotatable bonds is 6. The Kier molecular flexibility index (Phi) is 5.97. The van der Waals surface area contributed by atoms with Crippen LogP contribution in [0.2, 0.25) is 5.02 Å². The number of halogens is 1. The average molecular weight is 410 g/mol. The molecule has 2 heterocycles. The number of carbonyl (C=O) groups excluding carboxylic acids is 1. The van der Waals surface area contributed by atoms with Crippen LogP contribution in [-0.2, 0) is 13.1 Å². The largest absolute Gasteiger partial charge is 0.360 e. The quantitative estimate of drug-likeness (QED) is 0.633. The fourth-order valence-electron chi connectivity index (χ4n) is 3.78. The molecule has 150 valence electrons. The van der Waals surface area contributed by atoms with Crippen molar-refractivity contribution in [2.45, 2.75) is 32.9 Å². The molecule has 6 heteroatoms. The van der Waals surface area contributed by atoms with Crippen LogP contribution in [0.5, 0.6) is 0 Å². The van der Waals surface area contributed by atoms with Gasteiger partial charge in [-0.05, 0) is 50.0 Å². The SMILES string of the molecule is Cc1onc(-c2ccccc2Cl)c1C(=O)NCc1cccc(CN2CCCC2)c1. The van der Waals surface area contributed by atoms with Crippen molar-refractivity contribution >= 4 is 17.5 Å². The summed E-state index contributed by atoms with van der Waals surface area (Å²) in [5.74, 6) is 0.254. The summed E-state index contributed by atoms with van der Waals surface area (Å²) in [7, 11) is 0. The van der Waals surface area contributed by atoms with Crippen molar-refractivity contribution in [3.63, 3.8) is 0 Å². The van der Waals surface area contributed by atoms with Gasteiger partial charge >= 0.3 is 0 Å². The van der Waals surface area contributed by atoms with Gasteiger partial charge in [-0.1, -0.05) is 59.2 Å². The number of nitrogens with zero attached hydrogens (tertiary/aromatic N) is 2. The summed E-state index contributed by atoms with van der Waals surface area (Å²) in [6.07, 6.45) is 2.56. The predicted octanol–water partition coefficient (Wildman–Crippen LogP) is 4.83. The van der Waals surface area contributed by atoms with Gasteiger partial charge in [-0.2, -0.15) is 0 Å². The van der Waals surface area contributed by atoms with E-state index >= 15 is 0 Å². The highest BCUT2D eigenvalue weighted by molar-refractivity contribution is 6.33. The first kappa shape index (κ1) is 19.7. The van der Waals surface area contributed by atoms with E-state index in [1.807, 2.05) is 30.3 Å². The maximum atomic E-state index is 12.9. The van der Waals surface area contributed by atoms with Crippen LogP contribution in [0.3, 0.4) is 0 Å². The normalized spacial score (nSPS) is 14.3. The number of hydrogen-bond donors (Lipinski definition) is 1. The molecule has 1 saturated heterocycles. The maximum Gasteiger partial charge on any atom is 0.257 e. The topological polar surface area (TPSA) is 58.4 Å². The molecule has 1 N–H and O–H groups in total. The summed E-state index contributed by atoms with van der Waals surface area (Å²) >= 11 is 6.29. The molecule has 1 aliphatic rings. The van der Waals surface area contributed by atoms with Gasteiger partial charge in [0.2, 0.25) is 0 Å². The maximum absolute atomic E-state index is 12.9. The minimum Gasteiger partial charge on any atom is -0.360 e. The lowest BCUT2D eigenvalue weighted by atomic mass is 10.1. The van der Waals surface area contributed by atoms with Gasteiger partial charge in [0.25, 0.3) is 5.91 Å². The standard InChI is InChI=1S/C23H24ClN3O2/c1-16-21(22(26-29-16)19-9-2-3-10-20(19)24)23(28)25-14-17-7-6-8-18(13-17)15-27-11-4-5-12-27/h2-3,6-10,13H,4-5,11-12,14-15H2,1H3,(H,25,28). The van der Waals surface area contributed by atoms with Crippen LogP contribution < -0.4 is 5.32 Å². The molecular formula is C23H24ClN3O2.